The van der Waals surface area contributed by atoms with Crippen molar-refractivity contribution in [3.8, 4) is 45.1 Å². The fourth-order valence-corrected chi connectivity index (χ4v) is 8.42. The lowest BCUT2D eigenvalue weighted by molar-refractivity contribution is -0.136. The molecular weight excluding hydrogens is 837 g/mol. The van der Waals surface area contributed by atoms with E-state index in [9.17, 15) is 19.2 Å². The Morgan fingerprint density at radius 2 is 1.14 bits per heavy atom. The summed E-state index contributed by atoms with van der Waals surface area (Å²) in [6.45, 7) is 9.97. The summed E-state index contributed by atoms with van der Waals surface area (Å²) in [4.78, 5) is 72.0. The number of ether oxygens (including phenoxy) is 6. The van der Waals surface area contributed by atoms with Crippen LogP contribution in [0.1, 0.15) is 83.5 Å². The number of aromatic nitrogens is 4. The zero-order chi connectivity index (χ0) is 46.6. The lowest BCUT2D eigenvalue weighted by atomic mass is 9.97. The Kier molecular flexibility index (Phi) is 16.8. The highest BCUT2D eigenvalue weighted by molar-refractivity contribution is 5.87. The fourth-order valence-electron chi connectivity index (χ4n) is 8.42. The number of H-pyrrole nitrogens is 2. The van der Waals surface area contributed by atoms with E-state index in [0.717, 1.165) is 41.6 Å². The summed E-state index contributed by atoms with van der Waals surface area (Å²) in [5, 5.41) is 5.45. The Morgan fingerprint density at radius 3 is 1.66 bits per heavy atom. The van der Waals surface area contributed by atoms with Crippen molar-refractivity contribution in [2.45, 2.75) is 84.0 Å². The van der Waals surface area contributed by atoms with Crippen molar-refractivity contribution in [3.63, 3.8) is 0 Å². The predicted molar refractivity (Wildman–Crippen MR) is 242 cm³/mol. The molecular formula is C47H64N8O10. The first-order chi connectivity index (χ1) is 31.4. The van der Waals surface area contributed by atoms with Crippen LogP contribution in [0.3, 0.4) is 0 Å². The van der Waals surface area contributed by atoms with E-state index in [-0.39, 0.29) is 48.9 Å². The number of likely N-dealkylation sites (tertiary alicyclic amines) is 2. The molecule has 2 aliphatic rings. The Hall–Kier alpha value is -6.14. The van der Waals surface area contributed by atoms with Gasteiger partial charge in [-0.05, 0) is 60.8 Å². The number of nitrogens with one attached hydrogen (secondary N) is 4. The molecule has 352 valence electrons. The van der Waals surface area contributed by atoms with Gasteiger partial charge in [0.05, 0.1) is 63.3 Å². The number of amides is 4. The minimum absolute atomic E-state index is 0.110. The summed E-state index contributed by atoms with van der Waals surface area (Å²) in [6.07, 6.45) is 5.96. The summed E-state index contributed by atoms with van der Waals surface area (Å²) >= 11 is 0. The van der Waals surface area contributed by atoms with Crippen LogP contribution < -0.4 is 20.1 Å². The quantitative estimate of drug-likeness (QED) is 0.0686. The van der Waals surface area contributed by atoms with Crippen LogP contribution in [0.5, 0.6) is 11.5 Å². The Labute approximate surface area is 380 Å². The SMILES string of the molecule is CCC(C)C(NC(=O)OC)C(=O)N1CCCC1c1ncc(-c2ccc(-c3ccc(-c4cnc(C5CCCN5C(=O)C(NC(=O)OC)C(C)C)[nH]4)cc3)c(OCCOC)c2OCCOC)[nH]1. The summed E-state index contributed by atoms with van der Waals surface area (Å²) in [5.74, 6) is 1.71. The molecule has 4 N–H and O–H groups in total. The maximum absolute atomic E-state index is 14.0. The highest BCUT2D eigenvalue weighted by Gasteiger charge is 2.39. The van der Waals surface area contributed by atoms with Crippen LogP contribution in [0.15, 0.2) is 48.8 Å². The third kappa shape index (κ3) is 11.2. The number of hydrogen-bond donors (Lipinski definition) is 4. The first-order valence-electron chi connectivity index (χ1n) is 22.4. The van der Waals surface area contributed by atoms with Gasteiger partial charge in [-0.3, -0.25) is 9.59 Å². The van der Waals surface area contributed by atoms with Crippen molar-refractivity contribution in [1.82, 2.24) is 40.4 Å². The monoisotopic (exact) mass is 900 g/mol. The van der Waals surface area contributed by atoms with Crippen LogP contribution in [0.2, 0.25) is 0 Å². The zero-order valence-electron chi connectivity index (χ0n) is 38.7. The van der Waals surface area contributed by atoms with Gasteiger partial charge in [0.2, 0.25) is 11.8 Å². The standard InChI is InChI=1S/C47H64N8O10/c1-9-29(4)39(53-47(59)63-8)45(57)55-21-11-13-37(55)43-49-27-35(51-43)33-19-18-32(40(64-24-22-60-5)41(33)65-25-23-61-6)30-14-16-31(17-15-30)34-26-48-42(50-34)36-12-10-20-54(36)44(56)38(28(2)3)52-46(58)62-7/h14-19,26-29,36-39H,9-13,20-25H2,1-8H3,(H,48,50)(H,49,51)(H,52,58)(H,53,59). The second-order valence-corrected chi connectivity index (χ2v) is 16.7. The third-order valence-corrected chi connectivity index (χ3v) is 12.2. The van der Waals surface area contributed by atoms with Gasteiger partial charge in [0.1, 0.15) is 36.9 Å². The van der Waals surface area contributed by atoms with Gasteiger partial charge < -0.3 is 58.8 Å². The predicted octanol–water partition coefficient (Wildman–Crippen LogP) is 6.66. The van der Waals surface area contributed by atoms with E-state index in [0.29, 0.717) is 73.6 Å². The molecule has 0 bridgehead atoms. The first kappa shape index (κ1) is 48.3. The van der Waals surface area contributed by atoms with Crippen molar-refractivity contribution in [1.29, 1.82) is 0 Å². The molecule has 6 rings (SSSR count). The molecule has 5 atom stereocenters. The van der Waals surface area contributed by atoms with E-state index < -0.39 is 24.3 Å². The van der Waals surface area contributed by atoms with Crippen molar-refractivity contribution < 1.29 is 47.6 Å². The van der Waals surface area contributed by atoms with Crippen LogP contribution in [0, 0.1) is 11.8 Å². The van der Waals surface area contributed by atoms with Crippen molar-refractivity contribution in [2.24, 2.45) is 11.8 Å². The molecule has 5 unspecified atom stereocenters. The summed E-state index contributed by atoms with van der Waals surface area (Å²) < 4.78 is 33.3. The molecule has 4 aromatic rings. The number of imidazole rings is 2. The average molecular weight is 901 g/mol. The summed E-state index contributed by atoms with van der Waals surface area (Å²) in [6, 6.07) is 9.90. The van der Waals surface area contributed by atoms with Crippen LogP contribution in [-0.4, -0.2) is 134 Å². The summed E-state index contributed by atoms with van der Waals surface area (Å²) in [5.41, 5.74) is 4.73. The Morgan fingerprint density at radius 1 is 0.662 bits per heavy atom. The molecule has 4 amide bonds. The van der Waals surface area contributed by atoms with Crippen molar-refractivity contribution >= 4 is 24.0 Å². The van der Waals surface area contributed by atoms with Crippen molar-refractivity contribution in [2.75, 3.05) is 68.0 Å². The molecule has 0 spiro atoms. The summed E-state index contributed by atoms with van der Waals surface area (Å²) in [7, 11) is 5.79. The average Bonchev–Trinajstić information content (AvgIpc) is 4.17. The number of rotatable bonds is 20. The minimum Gasteiger partial charge on any atom is -0.487 e. The molecule has 18 heteroatoms. The number of hydrogen-bond acceptors (Lipinski definition) is 12. The van der Waals surface area contributed by atoms with E-state index in [4.69, 9.17) is 38.4 Å². The maximum atomic E-state index is 14.0. The highest BCUT2D eigenvalue weighted by Crippen LogP contribution is 2.46. The third-order valence-electron chi connectivity index (χ3n) is 12.2. The zero-order valence-corrected chi connectivity index (χ0v) is 38.7. The number of methoxy groups -OCH3 is 4. The molecule has 4 heterocycles. The van der Waals surface area contributed by atoms with Gasteiger partial charge in [-0.2, -0.15) is 0 Å². The Bertz CT molecular complexity index is 2230. The number of aromatic amines is 2. The molecule has 2 aromatic carbocycles. The molecule has 2 fully saturated rings. The molecule has 2 aliphatic heterocycles. The van der Waals surface area contributed by atoms with Gasteiger partial charge in [-0.15, -0.1) is 0 Å². The second kappa shape index (κ2) is 22.7. The second-order valence-electron chi connectivity index (χ2n) is 16.7. The fraction of sp³-hybridized carbons (Fsp3) is 0.532. The van der Waals surface area contributed by atoms with Gasteiger partial charge in [0.15, 0.2) is 11.5 Å². The van der Waals surface area contributed by atoms with Gasteiger partial charge in [0.25, 0.3) is 0 Å². The van der Waals surface area contributed by atoms with Gasteiger partial charge >= 0.3 is 12.2 Å². The topological polar surface area (TPSA) is 212 Å². The van der Waals surface area contributed by atoms with E-state index in [2.05, 4.69) is 20.6 Å². The van der Waals surface area contributed by atoms with E-state index in [1.165, 1.54) is 14.2 Å². The van der Waals surface area contributed by atoms with E-state index >= 15 is 0 Å². The molecule has 2 aromatic heterocycles. The number of carbonyl (C=O) groups excluding carboxylic acids is 4. The molecule has 2 saturated heterocycles. The lowest BCUT2D eigenvalue weighted by Gasteiger charge is -2.30. The number of nitrogens with zero attached hydrogens (tertiary/aromatic N) is 4. The highest BCUT2D eigenvalue weighted by atomic mass is 16.6. The Balaban J connectivity index is 1.28. The van der Waals surface area contributed by atoms with Gasteiger partial charge in [-0.25, -0.2) is 19.6 Å². The molecule has 65 heavy (non-hydrogen) atoms. The first-order valence-corrected chi connectivity index (χ1v) is 22.4. The minimum atomic E-state index is -0.740. The molecule has 0 saturated carbocycles. The van der Waals surface area contributed by atoms with Crippen LogP contribution in [0.4, 0.5) is 9.59 Å². The number of carbonyl (C=O) groups is 4. The largest absolute Gasteiger partial charge is 0.487 e. The number of benzene rings is 2. The smallest absolute Gasteiger partial charge is 0.407 e. The van der Waals surface area contributed by atoms with Gasteiger partial charge in [-0.1, -0.05) is 58.4 Å². The van der Waals surface area contributed by atoms with Crippen LogP contribution >= 0.6 is 0 Å². The molecule has 18 nitrogen and oxygen atoms in total. The van der Waals surface area contributed by atoms with Crippen LogP contribution in [0.25, 0.3) is 33.6 Å². The maximum Gasteiger partial charge on any atom is 0.407 e. The lowest BCUT2D eigenvalue weighted by Crippen LogP contribution is -2.51. The van der Waals surface area contributed by atoms with E-state index in [1.54, 1.807) is 36.4 Å². The van der Waals surface area contributed by atoms with Crippen LogP contribution in [-0.2, 0) is 28.5 Å². The van der Waals surface area contributed by atoms with E-state index in [1.807, 2.05) is 64.1 Å². The molecule has 0 aliphatic carbocycles. The van der Waals surface area contributed by atoms with Crippen molar-refractivity contribution in [3.05, 3.63) is 60.4 Å². The number of alkyl carbamates (subject to hydrolysis) is 2. The normalized spacial score (nSPS) is 17.4. The molecule has 0 radical (unpaired) electrons. The van der Waals surface area contributed by atoms with Gasteiger partial charge in [0, 0.05) is 38.4 Å².